The Bertz CT molecular complexity index is 1050. The van der Waals surface area contributed by atoms with Crippen molar-refractivity contribution < 1.29 is 17.6 Å². The Morgan fingerprint density at radius 3 is 2.50 bits per heavy atom. The van der Waals surface area contributed by atoms with Crippen LogP contribution in [0.1, 0.15) is 16.5 Å². The van der Waals surface area contributed by atoms with Crippen molar-refractivity contribution in [2.75, 3.05) is 13.6 Å². The Balaban J connectivity index is 1.76. The third-order valence-corrected chi connectivity index (χ3v) is 8.35. The van der Waals surface area contributed by atoms with Gasteiger partial charge in [-0.25, -0.2) is 12.8 Å². The van der Waals surface area contributed by atoms with Crippen molar-refractivity contribution >= 4 is 50.2 Å². The van der Waals surface area contributed by atoms with Crippen molar-refractivity contribution in [3.63, 3.8) is 0 Å². The largest absolute Gasteiger partial charge is 0.343 e. The molecule has 0 saturated heterocycles. The zero-order chi connectivity index (χ0) is 20.3. The average molecular weight is 459 g/mol. The highest BCUT2D eigenvalue weighted by Crippen LogP contribution is 2.28. The molecule has 1 N–H and O–H groups in total. The molecule has 2 heterocycles. The van der Waals surface area contributed by atoms with Crippen LogP contribution in [0.5, 0.6) is 0 Å². The monoisotopic (exact) mass is 458 g/mol. The first-order chi connectivity index (χ1) is 13.3. The lowest BCUT2D eigenvalue weighted by Gasteiger charge is -2.21. The average Bonchev–Trinajstić information content (AvgIpc) is 3.32. The van der Waals surface area contributed by atoms with Crippen LogP contribution in [0.15, 0.2) is 58.1 Å². The Hall–Kier alpha value is -1.78. The van der Waals surface area contributed by atoms with Crippen LogP contribution in [0, 0.1) is 5.82 Å². The van der Waals surface area contributed by atoms with Crippen LogP contribution in [-0.4, -0.2) is 32.2 Å². The molecule has 0 bridgehead atoms. The zero-order valence-corrected chi connectivity index (χ0v) is 17.8. The van der Waals surface area contributed by atoms with E-state index in [-0.39, 0.29) is 16.6 Å². The standard InChI is InChI=1S/C18H16ClFN2O3S3/c1-22(28(24,25)17-9-8-15(19)27-17)11-16(23)21-18(14-3-2-10-26-14)12-4-6-13(20)7-5-12/h2-10,18H,11H2,1H3,(H,21,23)/t18-/m0/s1. The third kappa shape index (κ3) is 4.79. The highest BCUT2D eigenvalue weighted by atomic mass is 35.5. The van der Waals surface area contributed by atoms with E-state index in [1.807, 2.05) is 17.5 Å². The van der Waals surface area contributed by atoms with Gasteiger partial charge in [0.15, 0.2) is 0 Å². The lowest BCUT2D eigenvalue weighted by Crippen LogP contribution is -2.39. The second-order valence-electron chi connectivity index (χ2n) is 5.89. The third-order valence-electron chi connectivity index (χ3n) is 3.92. The van der Waals surface area contributed by atoms with Gasteiger partial charge in [0.25, 0.3) is 10.0 Å². The molecule has 5 nitrogen and oxygen atoms in total. The van der Waals surface area contributed by atoms with Gasteiger partial charge in [0.2, 0.25) is 5.91 Å². The predicted molar refractivity (Wildman–Crippen MR) is 110 cm³/mol. The number of amides is 1. The molecule has 3 rings (SSSR count). The fraction of sp³-hybridized carbons (Fsp3) is 0.167. The number of rotatable bonds is 7. The fourth-order valence-electron chi connectivity index (χ4n) is 2.51. The molecular weight excluding hydrogens is 443 g/mol. The highest BCUT2D eigenvalue weighted by molar-refractivity contribution is 7.91. The summed E-state index contributed by atoms with van der Waals surface area (Å²) in [5.74, 6) is -0.850. The van der Waals surface area contributed by atoms with Crippen LogP contribution in [0.3, 0.4) is 0 Å². The van der Waals surface area contributed by atoms with Gasteiger partial charge in [-0.2, -0.15) is 4.31 Å². The van der Waals surface area contributed by atoms with E-state index in [0.29, 0.717) is 9.90 Å². The van der Waals surface area contributed by atoms with Gasteiger partial charge >= 0.3 is 0 Å². The number of halogens is 2. The van der Waals surface area contributed by atoms with E-state index in [0.717, 1.165) is 20.5 Å². The molecule has 0 spiro atoms. The number of likely N-dealkylation sites (N-methyl/N-ethyl adjacent to an activating group) is 1. The molecule has 10 heteroatoms. The maximum atomic E-state index is 13.3. The minimum atomic E-state index is -3.81. The van der Waals surface area contributed by atoms with E-state index in [1.54, 1.807) is 12.1 Å². The van der Waals surface area contributed by atoms with Crippen LogP contribution < -0.4 is 5.32 Å². The summed E-state index contributed by atoms with van der Waals surface area (Å²) in [7, 11) is -2.48. The van der Waals surface area contributed by atoms with E-state index >= 15 is 0 Å². The molecule has 0 unspecified atom stereocenters. The first kappa shape index (κ1) is 20.9. The lowest BCUT2D eigenvalue weighted by atomic mass is 10.1. The summed E-state index contributed by atoms with van der Waals surface area (Å²) in [5, 5.41) is 4.71. The summed E-state index contributed by atoms with van der Waals surface area (Å²) >= 11 is 8.19. The van der Waals surface area contributed by atoms with Crippen molar-refractivity contribution in [1.29, 1.82) is 0 Å². The predicted octanol–water partition coefficient (Wildman–Crippen LogP) is 4.13. The summed E-state index contributed by atoms with van der Waals surface area (Å²) in [6, 6.07) is 11.9. The van der Waals surface area contributed by atoms with Crippen molar-refractivity contribution in [1.82, 2.24) is 9.62 Å². The number of nitrogens with one attached hydrogen (secondary N) is 1. The van der Waals surface area contributed by atoms with Crippen molar-refractivity contribution in [2.24, 2.45) is 0 Å². The summed E-state index contributed by atoms with van der Waals surface area (Å²) < 4.78 is 39.8. The Morgan fingerprint density at radius 2 is 1.93 bits per heavy atom. The molecule has 0 radical (unpaired) electrons. The number of carbonyl (C=O) groups excluding carboxylic acids is 1. The topological polar surface area (TPSA) is 66.5 Å². The number of sulfonamides is 1. The zero-order valence-electron chi connectivity index (χ0n) is 14.6. The quantitative estimate of drug-likeness (QED) is 0.579. The first-order valence-corrected chi connectivity index (χ1v) is 11.6. The van der Waals surface area contributed by atoms with Gasteiger partial charge < -0.3 is 5.32 Å². The van der Waals surface area contributed by atoms with Gasteiger partial charge in [0.1, 0.15) is 10.0 Å². The van der Waals surface area contributed by atoms with Crippen molar-refractivity contribution in [3.8, 4) is 0 Å². The maximum absolute atomic E-state index is 13.3. The van der Waals surface area contributed by atoms with E-state index in [2.05, 4.69) is 5.32 Å². The second-order valence-corrected chi connectivity index (χ2v) is 10.9. The number of thiophene rings is 2. The number of nitrogens with zero attached hydrogens (tertiary/aromatic N) is 1. The molecule has 1 aromatic carbocycles. The molecule has 148 valence electrons. The molecule has 1 amide bonds. The number of hydrogen-bond donors (Lipinski definition) is 1. The Kier molecular flexibility index (Phi) is 6.51. The van der Waals surface area contributed by atoms with E-state index in [4.69, 9.17) is 11.6 Å². The normalized spacial score (nSPS) is 12.9. The Labute approximate surface area is 175 Å². The Morgan fingerprint density at radius 1 is 1.21 bits per heavy atom. The molecule has 1 atom stereocenters. The van der Waals surface area contributed by atoms with Gasteiger partial charge in [-0.05, 0) is 41.3 Å². The van der Waals surface area contributed by atoms with Crippen LogP contribution in [0.2, 0.25) is 4.34 Å². The lowest BCUT2D eigenvalue weighted by molar-refractivity contribution is -0.121. The van der Waals surface area contributed by atoms with E-state index < -0.39 is 22.0 Å². The number of hydrogen-bond acceptors (Lipinski definition) is 5. The first-order valence-electron chi connectivity index (χ1n) is 8.07. The van der Waals surface area contributed by atoms with Crippen LogP contribution >= 0.6 is 34.3 Å². The van der Waals surface area contributed by atoms with Crippen molar-refractivity contribution in [3.05, 3.63) is 74.5 Å². The minimum absolute atomic E-state index is 0.0705. The smallest absolute Gasteiger partial charge is 0.252 e. The summed E-state index contributed by atoms with van der Waals surface area (Å²) in [4.78, 5) is 13.4. The molecular formula is C18H16ClFN2O3S3. The summed E-state index contributed by atoms with van der Waals surface area (Å²) in [5.41, 5.74) is 0.702. The van der Waals surface area contributed by atoms with Crippen LogP contribution in [-0.2, 0) is 14.8 Å². The molecule has 0 aliphatic rings. The molecule has 3 aromatic rings. The van der Waals surface area contributed by atoms with Gasteiger partial charge in [-0.15, -0.1) is 22.7 Å². The summed E-state index contributed by atoms with van der Waals surface area (Å²) in [6.45, 7) is -0.360. The fourth-order valence-corrected chi connectivity index (χ4v) is 6.14. The molecule has 0 aliphatic carbocycles. The molecule has 0 fully saturated rings. The summed E-state index contributed by atoms with van der Waals surface area (Å²) in [6.07, 6.45) is 0. The number of carbonyl (C=O) groups is 1. The van der Waals surface area contributed by atoms with E-state index in [9.17, 15) is 17.6 Å². The van der Waals surface area contributed by atoms with Crippen molar-refractivity contribution in [2.45, 2.75) is 10.3 Å². The molecule has 0 aliphatic heterocycles. The van der Waals surface area contributed by atoms with Crippen LogP contribution in [0.25, 0.3) is 0 Å². The number of benzene rings is 1. The molecule has 28 heavy (non-hydrogen) atoms. The van der Waals surface area contributed by atoms with Gasteiger partial charge in [0.05, 0.1) is 16.9 Å². The second kappa shape index (κ2) is 8.71. The van der Waals surface area contributed by atoms with E-state index in [1.165, 1.54) is 42.6 Å². The van der Waals surface area contributed by atoms with Gasteiger partial charge in [-0.1, -0.05) is 29.8 Å². The van der Waals surface area contributed by atoms with Gasteiger partial charge in [-0.3, -0.25) is 4.79 Å². The SMILES string of the molecule is CN(CC(=O)N[C@@H](c1ccc(F)cc1)c1cccs1)S(=O)(=O)c1ccc(Cl)s1. The minimum Gasteiger partial charge on any atom is -0.343 e. The maximum Gasteiger partial charge on any atom is 0.252 e. The van der Waals surface area contributed by atoms with Gasteiger partial charge in [0, 0.05) is 11.9 Å². The molecule has 2 aromatic heterocycles. The molecule has 0 saturated carbocycles. The highest BCUT2D eigenvalue weighted by Gasteiger charge is 2.26. The van der Waals surface area contributed by atoms with Crippen LogP contribution in [0.4, 0.5) is 4.39 Å².